The number of hydrogen-bond acceptors (Lipinski definition) is 2. The summed E-state index contributed by atoms with van der Waals surface area (Å²) in [6, 6.07) is 7.16. The molecule has 0 heterocycles. The van der Waals surface area contributed by atoms with Gasteiger partial charge in [0.2, 0.25) is 0 Å². The second-order valence-electron chi connectivity index (χ2n) is 4.31. The monoisotopic (exact) mass is 237 g/mol. The standard InChI is InChI=1S/C13H16ClNO/c1-9(2)6-10(3)16-13-7-12(14)5-4-11(13)8-15/h4-5,7,9-10H,6H2,1-3H3. The Kier molecular flexibility index (Phi) is 4.64. The van der Waals surface area contributed by atoms with Crippen LogP contribution in [0.3, 0.4) is 0 Å². The summed E-state index contributed by atoms with van der Waals surface area (Å²) in [5.41, 5.74) is 0.528. The van der Waals surface area contributed by atoms with Crippen molar-refractivity contribution in [3.63, 3.8) is 0 Å². The van der Waals surface area contributed by atoms with Crippen LogP contribution in [-0.2, 0) is 0 Å². The van der Waals surface area contributed by atoms with Gasteiger partial charge in [0, 0.05) is 11.1 Å². The molecular weight excluding hydrogens is 222 g/mol. The first-order valence-corrected chi connectivity index (χ1v) is 5.77. The number of ether oxygens (including phenoxy) is 1. The van der Waals surface area contributed by atoms with Crippen LogP contribution in [0, 0.1) is 17.2 Å². The van der Waals surface area contributed by atoms with E-state index in [1.165, 1.54) is 0 Å². The third-order valence-corrected chi connectivity index (χ3v) is 2.43. The largest absolute Gasteiger partial charge is 0.489 e. The molecule has 0 saturated carbocycles. The molecule has 1 aromatic carbocycles. The minimum atomic E-state index is 0.0885. The molecule has 0 fully saturated rings. The third kappa shape index (κ3) is 3.75. The van der Waals surface area contributed by atoms with E-state index in [4.69, 9.17) is 21.6 Å². The average Bonchev–Trinajstić information content (AvgIpc) is 2.16. The van der Waals surface area contributed by atoms with Crippen LogP contribution in [0.2, 0.25) is 5.02 Å². The molecule has 0 amide bonds. The van der Waals surface area contributed by atoms with Crippen LogP contribution < -0.4 is 4.74 Å². The Labute approximate surface area is 102 Å². The van der Waals surface area contributed by atoms with Crippen molar-refractivity contribution < 1.29 is 4.74 Å². The lowest BCUT2D eigenvalue weighted by Gasteiger charge is -2.17. The fraction of sp³-hybridized carbons (Fsp3) is 0.462. The van der Waals surface area contributed by atoms with E-state index in [2.05, 4.69) is 19.9 Å². The molecule has 0 spiro atoms. The summed E-state index contributed by atoms with van der Waals surface area (Å²) < 4.78 is 5.72. The average molecular weight is 238 g/mol. The maximum absolute atomic E-state index is 8.93. The van der Waals surface area contributed by atoms with Gasteiger partial charge in [0.1, 0.15) is 11.8 Å². The molecule has 0 aliphatic heterocycles. The first kappa shape index (κ1) is 12.9. The summed E-state index contributed by atoms with van der Waals surface area (Å²) in [5, 5.41) is 9.52. The fourth-order valence-electron chi connectivity index (χ4n) is 1.61. The van der Waals surface area contributed by atoms with Crippen molar-refractivity contribution in [1.82, 2.24) is 0 Å². The minimum Gasteiger partial charge on any atom is -0.489 e. The van der Waals surface area contributed by atoms with Crippen molar-refractivity contribution in [3.05, 3.63) is 28.8 Å². The molecule has 16 heavy (non-hydrogen) atoms. The van der Waals surface area contributed by atoms with Crippen molar-refractivity contribution in [2.24, 2.45) is 5.92 Å². The molecule has 1 atom stereocenters. The van der Waals surface area contributed by atoms with Gasteiger partial charge >= 0.3 is 0 Å². The number of halogens is 1. The Morgan fingerprint density at radius 1 is 1.38 bits per heavy atom. The number of hydrogen-bond donors (Lipinski definition) is 0. The Bertz CT molecular complexity index is 395. The summed E-state index contributed by atoms with van der Waals surface area (Å²) in [4.78, 5) is 0. The van der Waals surface area contributed by atoms with Crippen molar-refractivity contribution in [1.29, 1.82) is 5.26 Å². The Morgan fingerprint density at radius 3 is 2.62 bits per heavy atom. The van der Waals surface area contributed by atoms with Gasteiger partial charge in [-0.1, -0.05) is 25.4 Å². The van der Waals surface area contributed by atoms with E-state index in [0.29, 0.717) is 22.3 Å². The van der Waals surface area contributed by atoms with E-state index in [1.54, 1.807) is 18.2 Å². The highest BCUT2D eigenvalue weighted by Gasteiger charge is 2.10. The number of rotatable bonds is 4. The molecular formula is C13H16ClNO. The van der Waals surface area contributed by atoms with Crippen LogP contribution in [-0.4, -0.2) is 6.10 Å². The molecule has 86 valence electrons. The highest BCUT2D eigenvalue weighted by Crippen LogP contribution is 2.24. The van der Waals surface area contributed by atoms with Gasteiger partial charge in [0.15, 0.2) is 0 Å². The van der Waals surface area contributed by atoms with Crippen LogP contribution in [0.1, 0.15) is 32.8 Å². The van der Waals surface area contributed by atoms with Gasteiger partial charge < -0.3 is 4.74 Å². The lowest BCUT2D eigenvalue weighted by atomic mass is 10.1. The van der Waals surface area contributed by atoms with E-state index >= 15 is 0 Å². The van der Waals surface area contributed by atoms with E-state index in [-0.39, 0.29) is 6.10 Å². The topological polar surface area (TPSA) is 33.0 Å². The zero-order chi connectivity index (χ0) is 12.1. The first-order chi connectivity index (χ1) is 7.52. The maximum Gasteiger partial charge on any atom is 0.138 e. The zero-order valence-electron chi connectivity index (χ0n) is 9.83. The predicted molar refractivity (Wildman–Crippen MR) is 65.7 cm³/mol. The number of nitrogens with zero attached hydrogens (tertiary/aromatic N) is 1. The predicted octanol–water partition coefficient (Wildman–Crippen LogP) is 4.03. The summed E-state index contributed by atoms with van der Waals surface area (Å²) in [7, 11) is 0. The molecule has 0 bridgehead atoms. The fourth-order valence-corrected chi connectivity index (χ4v) is 1.78. The first-order valence-electron chi connectivity index (χ1n) is 5.39. The molecule has 1 aromatic rings. The highest BCUT2D eigenvalue weighted by molar-refractivity contribution is 6.30. The SMILES string of the molecule is CC(C)CC(C)Oc1cc(Cl)ccc1C#N. The summed E-state index contributed by atoms with van der Waals surface area (Å²) >= 11 is 5.87. The quantitative estimate of drug-likeness (QED) is 0.792. The lowest BCUT2D eigenvalue weighted by molar-refractivity contribution is 0.193. The number of nitriles is 1. The molecule has 2 nitrogen and oxygen atoms in total. The van der Waals surface area contributed by atoms with E-state index in [9.17, 15) is 0 Å². The second-order valence-corrected chi connectivity index (χ2v) is 4.75. The molecule has 1 rings (SSSR count). The van der Waals surface area contributed by atoms with Gasteiger partial charge in [-0.25, -0.2) is 0 Å². The molecule has 0 aliphatic carbocycles. The highest BCUT2D eigenvalue weighted by atomic mass is 35.5. The van der Waals surface area contributed by atoms with Crippen LogP contribution >= 0.6 is 11.6 Å². The van der Waals surface area contributed by atoms with Crippen LogP contribution in [0.15, 0.2) is 18.2 Å². The van der Waals surface area contributed by atoms with Crippen molar-refractivity contribution in [2.45, 2.75) is 33.3 Å². The van der Waals surface area contributed by atoms with E-state index in [0.717, 1.165) is 6.42 Å². The van der Waals surface area contributed by atoms with Crippen molar-refractivity contribution in [2.75, 3.05) is 0 Å². The molecule has 1 unspecified atom stereocenters. The van der Waals surface area contributed by atoms with E-state index in [1.807, 2.05) is 6.92 Å². The number of benzene rings is 1. The smallest absolute Gasteiger partial charge is 0.138 e. The van der Waals surface area contributed by atoms with Gasteiger partial charge in [0.05, 0.1) is 11.7 Å². The second kappa shape index (κ2) is 5.77. The van der Waals surface area contributed by atoms with Crippen LogP contribution in [0.5, 0.6) is 5.75 Å². The Morgan fingerprint density at radius 2 is 2.06 bits per heavy atom. The Balaban J connectivity index is 2.80. The van der Waals surface area contributed by atoms with Crippen LogP contribution in [0.25, 0.3) is 0 Å². The van der Waals surface area contributed by atoms with Gasteiger partial charge in [-0.3, -0.25) is 0 Å². The summed E-state index contributed by atoms with van der Waals surface area (Å²) in [6.07, 6.45) is 1.04. The maximum atomic E-state index is 8.93. The zero-order valence-corrected chi connectivity index (χ0v) is 10.6. The molecule has 0 aliphatic rings. The van der Waals surface area contributed by atoms with Gasteiger partial charge in [0.25, 0.3) is 0 Å². The van der Waals surface area contributed by atoms with Gasteiger partial charge in [-0.15, -0.1) is 0 Å². The Hall–Kier alpha value is -1.20. The summed E-state index contributed by atoms with van der Waals surface area (Å²) in [5.74, 6) is 1.14. The molecule has 0 N–H and O–H groups in total. The van der Waals surface area contributed by atoms with Gasteiger partial charge in [-0.2, -0.15) is 5.26 Å². The normalized spacial score (nSPS) is 12.2. The molecule has 0 radical (unpaired) electrons. The summed E-state index contributed by atoms with van der Waals surface area (Å²) in [6.45, 7) is 6.29. The molecule has 3 heteroatoms. The minimum absolute atomic E-state index is 0.0885. The lowest BCUT2D eigenvalue weighted by Crippen LogP contribution is -2.15. The van der Waals surface area contributed by atoms with E-state index < -0.39 is 0 Å². The molecule has 0 saturated heterocycles. The van der Waals surface area contributed by atoms with Crippen LogP contribution in [0.4, 0.5) is 0 Å². The van der Waals surface area contributed by atoms with Gasteiger partial charge in [-0.05, 0) is 31.4 Å². The molecule has 0 aromatic heterocycles. The van der Waals surface area contributed by atoms with Crippen molar-refractivity contribution >= 4 is 11.6 Å². The van der Waals surface area contributed by atoms with Crippen molar-refractivity contribution in [3.8, 4) is 11.8 Å². The third-order valence-electron chi connectivity index (χ3n) is 2.20.